The second kappa shape index (κ2) is 9.24. The third-order valence-electron chi connectivity index (χ3n) is 0. The van der Waals surface area contributed by atoms with Gasteiger partial charge in [0, 0.05) is 0 Å². The van der Waals surface area contributed by atoms with Gasteiger partial charge >= 0.3 is 23.1 Å². The first kappa shape index (κ1) is 8.84. The van der Waals surface area contributed by atoms with Crippen LogP contribution in [0.1, 0.15) is 13.8 Å². The Morgan fingerprint density at radius 1 is 1.25 bits per heavy atom. The van der Waals surface area contributed by atoms with Crippen LogP contribution in [0.2, 0.25) is 0 Å². The molecule has 4 heavy (non-hydrogen) atoms. The van der Waals surface area contributed by atoms with E-state index in [4.69, 9.17) is 0 Å². The molecule has 0 amide bonds. The molecule has 0 rings (SSSR count). The average molecular weight is 69.4 g/mol. The average Bonchev–Trinajstić information content (AvgIpc) is 0.918. The van der Waals surface area contributed by atoms with E-state index in [9.17, 15) is 0 Å². The van der Waals surface area contributed by atoms with Crippen molar-refractivity contribution in [3.63, 3.8) is 0 Å². The van der Waals surface area contributed by atoms with Crippen LogP contribution in [0.25, 0.3) is 0 Å². The Morgan fingerprint density at radius 3 is 1.25 bits per heavy atom. The molecule has 0 aliphatic rings. The van der Waals surface area contributed by atoms with Gasteiger partial charge < -0.3 is 0 Å². The van der Waals surface area contributed by atoms with Gasteiger partial charge in [-0.1, -0.05) is 13.8 Å². The van der Waals surface area contributed by atoms with Gasteiger partial charge in [-0.25, -0.2) is 0 Å². The van der Waals surface area contributed by atoms with Crippen molar-refractivity contribution in [1.82, 2.24) is 0 Å². The van der Waals surface area contributed by atoms with Crippen LogP contribution in [0.15, 0.2) is 0 Å². The lowest BCUT2D eigenvalue weighted by Crippen LogP contribution is -1.30. The van der Waals surface area contributed by atoms with Gasteiger partial charge in [-0.3, -0.25) is 0 Å². The normalized spacial score (nSPS) is 4.50. The fraction of sp³-hybridized carbons (Fsp3) is 0.667. The molecule has 0 aromatic carbocycles. The van der Waals surface area contributed by atoms with Crippen molar-refractivity contribution in [3.8, 4) is 0 Å². The summed E-state index contributed by atoms with van der Waals surface area (Å²) in [6, 6.07) is 0. The molecule has 0 spiro atoms. The molecule has 0 unspecified atom stereocenters. The molecule has 0 aliphatic carbocycles. The predicted molar refractivity (Wildman–Crippen MR) is 24.2 cm³/mol. The van der Waals surface area contributed by atoms with Crippen LogP contribution in [-0.4, -0.2) is 23.1 Å². The van der Waals surface area contributed by atoms with E-state index in [1.54, 1.807) is 0 Å². The summed E-state index contributed by atoms with van der Waals surface area (Å²) >= 11 is 0. The summed E-state index contributed by atoms with van der Waals surface area (Å²) < 4.78 is 0. The summed E-state index contributed by atoms with van der Waals surface area (Å²) in [6.45, 7) is 4.00. The van der Waals surface area contributed by atoms with E-state index in [2.05, 4.69) is 0 Å². The van der Waals surface area contributed by atoms with Gasteiger partial charge in [0.25, 0.3) is 0 Å². The summed E-state index contributed by atoms with van der Waals surface area (Å²) in [5.41, 5.74) is 0. The van der Waals surface area contributed by atoms with Gasteiger partial charge in [-0.2, -0.15) is 0 Å². The van der Waals surface area contributed by atoms with Crippen LogP contribution in [0.5, 0.6) is 0 Å². The highest BCUT2D eigenvalue weighted by Crippen LogP contribution is 1.53. The van der Waals surface area contributed by atoms with Crippen molar-refractivity contribution in [2.45, 2.75) is 13.8 Å². The van der Waals surface area contributed by atoms with Gasteiger partial charge in [-0.15, -0.1) is 0 Å². The topological polar surface area (TPSA) is 0 Å². The third kappa shape index (κ3) is 14.7. The Morgan fingerprint density at radius 2 is 1.25 bits per heavy atom. The summed E-state index contributed by atoms with van der Waals surface area (Å²) in [5.74, 6) is 0. The van der Waals surface area contributed by atoms with E-state index in [0.717, 1.165) is 0 Å². The van der Waals surface area contributed by atoms with Crippen molar-refractivity contribution >= 4 is 23.1 Å². The molecule has 0 N–H and O–H groups in total. The molecule has 0 heterocycles. The first-order valence-electron chi connectivity index (χ1n) is 1.15. The zero-order valence-corrected chi connectivity index (χ0v) is 2.58. The molecule has 0 fully saturated rings. The van der Waals surface area contributed by atoms with E-state index in [1.807, 2.05) is 20.3 Å². The van der Waals surface area contributed by atoms with Crippen molar-refractivity contribution in [1.29, 1.82) is 0 Å². The SMILES string of the molecule is C[CH]C.[MgH2]. The fourth-order valence-electron chi connectivity index (χ4n) is 0. The summed E-state index contributed by atoms with van der Waals surface area (Å²) in [4.78, 5) is 0. The molecule has 23 valence electrons. The second-order valence-electron chi connectivity index (χ2n) is 0.577. The maximum absolute atomic E-state index is 2.00. The van der Waals surface area contributed by atoms with Crippen LogP contribution < -0.4 is 0 Å². The van der Waals surface area contributed by atoms with Crippen molar-refractivity contribution in [2.75, 3.05) is 0 Å². The fourth-order valence-corrected chi connectivity index (χ4v) is 0. The Bertz CT molecular complexity index is 3.25. The molecule has 0 atom stereocenters. The Balaban J connectivity index is 0. The molecular weight excluding hydrogens is 60.3 g/mol. The first-order chi connectivity index (χ1) is 1.41. The molecule has 0 aliphatic heterocycles. The second-order valence-corrected chi connectivity index (χ2v) is 0.577. The lowest BCUT2D eigenvalue weighted by Gasteiger charge is -1.47. The molecule has 0 bridgehead atoms. The molecule has 1 radical (unpaired) electrons. The Hall–Kier alpha value is 0.766. The molecule has 0 saturated carbocycles. The van der Waals surface area contributed by atoms with Gasteiger partial charge in [0.1, 0.15) is 0 Å². The minimum absolute atomic E-state index is 0. The van der Waals surface area contributed by atoms with Crippen LogP contribution in [0.3, 0.4) is 0 Å². The minimum atomic E-state index is 0. The van der Waals surface area contributed by atoms with E-state index in [1.165, 1.54) is 0 Å². The van der Waals surface area contributed by atoms with Crippen molar-refractivity contribution in [3.05, 3.63) is 6.42 Å². The monoisotopic (exact) mass is 69.1 g/mol. The molecular formula is C3H9Mg. The summed E-state index contributed by atoms with van der Waals surface area (Å²) in [5, 5.41) is 0. The van der Waals surface area contributed by atoms with Gasteiger partial charge in [-0.05, 0) is 6.42 Å². The van der Waals surface area contributed by atoms with Crippen molar-refractivity contribution in [2.24, 2.45) is 0 Å². The number of rotatable bonds is 0. The zero-order valence-electron chi connectivity index (χ0n) is 2.58. The zero-order chi connectivity index (χ0) is 2.71. The summed E-state index contributed by atoms with van der Waals surface area (Å²) in [7, 11) is 0. The lowest BCUT2D eigenvalue weighted by atomic mass is 10.6. The molecule has 0 aromatic rings. The highest BCUT2D eigenvalue weighted by Gasteiger charge is 1.36. The highest BCUT2D eigenvalue weighted by molar-refractivity contribution is 5.75. The Kier molecular flexibility index (Phi) is 20.4. The van der Waals surface area contributed by atoms with Crippen LogP contribution >= 0.6 is 0 Å². The standard InChI is InChI=1S/C3H7.Mg.2H/c1-3-2;;;/h3H,1-2H3;;;. The largest absolute Gasteiger partial charge is 0.316 e. The van der Waals surface area contributed by atoms with E-state index < -0.39 is 0 Å². The molecule has 0 nitrogen and oxygen atoms in total. The number of hydrogen-bond donors (Lipinski definition) is 0. The van der Waals surface area contributed by atoms with E-state index >= 15 is 0 Å². The third-order valence-corrected chi connectivity index (χ3v) is 0. The summed E-state index contributed by atoms with van der Waals surface area (Å²) in [6.07, 6.45) is 2.00. The molecule has 0 saturated heterocycles. The van der Waals surface area contributed by atoms with Crippen molar-refractivity contribution < 1.29 is 0 Å². The minimum Gasteiger partial charge on any atom is -0.0625 e. The quantitative estimate of drug-likeness (QED) is 0.359. The Labute approximate surface area is 43.7 Å². The highest BCUT2D eigenvalue weighted by atomic mass is 24.3. The maximum Gasteiger partial charge on any atom is 0.316 e. The van der Waals surface area contributed by atoms with Crippen LogP contribution in [-0.2, 0) is 0 Å². The van der Waals surface area contributed by atoms with Crippen LogP contribution in [0.4, 0.5) is 0 Å². The van der Waals surface area contributed by atoms with Gasteiger partial charge in [0.15, 0.2) is 0 Å². The van der Waals surface area contributed by atoms with Gasteiger partial charge in [0.05, 0.1) is 0 Å². The molecule has 0 aromatic heterocycles. The maximum atomic E-state index is 2.00. The molecule has 1 heteroatoms. The first-order valence-corrected chi connectivity index (χ1v) is 1.15. The lowest BCUT2D eigenvalue weighted by molar-refractivity contribution is 1.41. The van der Waals surface area contributed by atoms with E-state index in [-0.39, 0.29) is 23.1 Å². The van der Waals surface area contributed by atoms with E-state index in [0.29, 0.717) is 0 Å². The predicted octanol–water partition coefficient (Wildman–Crippen LogP) is 0.314. The van der Waals surface area contributed by atoms with Crippen LogP contribution in [0, 0.1) is 6.42 Å². The smallest absolute Gasteiger partial charge is 0.0625 e. The van der Waals surface area contributed by atoms with Gasteiger partial charge in [0.2, 0.25) is 0 Å². The number of hydrogen-bond acceptors (Lipinski definition) is 0.